The largest absolute Gasteiger partial charge is 0.478 e. The number of rotatable bonds is 4. The summed E-state index contributed by atoms with van der Waals surface area (Å²) in [5, 5.41) is 10.9. The van der Waals surface area contributed by atoms with Crippen molar-refractivity contribution >= 4 is 45.5 Å². The van der Waals surface area contributed by atoms with E-state index in [9.17, 15) is 14.4 Å². The van der Waals surface area contributed by atoms with E-state index < -0.39 is 17.8 Å². The maximum absolute atomic E-state index is 12.9. The van der Waals surface area contributed by atoms with Gasteiger partial charge in [0.2, 0.25) is 0 Å². The zero-order chi connectivity index (χ0) is 20.3. The predicted molar refractivity (Wildman–Crippen MR) is 105 cm³/mol. The molecule has 2 aromatic carbocycles. The molecule has 0 saturated carbocycles. The average Bonchev–Trinajstić information content (AvgIpc) is 2.67. The number of carbonyl (C=O) groups is 3. The number of para-hydroxylation sites is 1. The number of nitrogens with one attached hydrogen (secondary N) is 1. The molecule has 0 spiro atoms. The number of barbiturate groups is 1. The molecule has 4 amide bonds. The zero-order valence-corrected chi connectivity index (χ0v) is 16.3. The van der Waals surface area contributed by atoms with E-state index >= 15 is 0 Å². The number of hydrogen-bond acceptors (Lipinski definition) is 5. The summed E-state index contributed by atoms with van der Waals surface area (Å²) in [6, 6.07) is 12.7. The maximum atomic E-state index is 12.9. The molecule has 28 heavy (non-hydrogen) atoms. The van der Waals surface area contributed by atoms with Crippen LogP contribution in [0.5, 0.6) is 5.75 Å². The standard InChI is InChI=1S/C20H14BrN3O4/c1-12-10-14(6-7-16(12)21)24-19(26)15(18(25)23-20(24)27)11-13-4-2-3-5-17(13)28-9-8-22/h2-7,10-11H,9H2,1H3,(H,23,25,27)/b15-11-. The van der Waals surface area contributed by atoms with Crippen LogP contribution in [-0.2, 0) is 9.59 Å². The van der Waals surface area contributed by atoms with Crippen molar-refractivity contribution in [1.29, 1.82) is 5.26 Å². The first-order chi connectivity index (χ1) is 13.4. The number of amides is 4. The number of hydrogen-bond donors (Lipinski definition) is 1. The van der Waals surface area contributed by atoms with Crippen molar-refractivity contribution in [1.82, 2.24) is 5.32 Å². The summed E-state index contributed by atoms with van der Waals surface area (Å²) in [5.41, 5.74) is 1.40. The lowest BCUT2D eigenvalue weighted by molar-refractivity contribution is -0.122. The first-order valence-corrected chi connectivity index (χ1v) is 8.98. The van der Waals surface area contributed by atoms with Crippen LogP contribution in [0.2, 0.25) is 0 Å². The van der Waals surface area contributed by atoms with Gasteiger partial charge in [0, 0.05) is 10.0 Å². The summed E-state index contributed by atoms with van der Waals surface area (Å²) in [7, 11) is 0. The Morgan fingerprint density at radius 1 is 1.21 bits per heavy atom. The third kappa shape index (κ3) is 3.80. The van der Waals surface area contributed by atoms with Crippen molar-refractivity contribution in [3.8, 4) is 11.8 Å². The fourth-order valence-corrected chi connectivity index (χ4v) is 2.90. The van der Waals surface area contributed by atoms with E-state index in [0.717, 1.165) is 14.9 Å². The lowest BCUT2D eigenvalue weighted by Crippen LogP contribution is -2.54. The van der Waals surface area contributed by atoms with Gasteiger partial charge in [-0.2, -0.15) is 5.26 Å². The van der Waals surface area contributed by atoms with Gasteiger partial charge in [-0.1, -0.05) is 34.1 Å². The molecule has 0 radical (unpaired) electrons. The second kappa shape index (κ2) is 8.06. The van der Waals surface area contributed by atoms with E-state index in [0.29, 0.717) is 17.0 Å². The molecule has 1 N–H and O–H groups in total. The molecule has 0 aliphatic carbocycles. The molecule has 1 aliphatic rings. The van der Waals surface area contributed by atoms with Gasteiger partial charge in [0.15, 0.2) is 6.61 Å². The number of urea groups is 1. The zero-order valence-electron chi connectivity index (χ0n) is 14.7. The molecule has 0 aromatic heterocycles. The van der Waals surface area contributed by atoms with Crippen LogP contribution in [0.4, 0.5) is 10.5 Å². The van der Waals surface area contributed by atoms with Crippen LogP contribution in [-0.4, -0.2) is 24.5 Å². The minimum absolute atomic E-state index is 0.177. The van der Waals surface area contributed by atoms with Crippen LogP contribution in [0.3, 0.4) is 0 Å². The lowest BCUT2D eigenvalue weighted by Gasteiger charge is -2.26. The number of halogens is 1. The van der Waals surface area contributed by atoms with Gasteiger partial charge in [0.05, 0.1) is 5.69 Å². The molecular formula is C20H14BrN3O4. The number of ether oxygens (including phenoxy) is 1. The Kier molecular flexibility index (Phi) is 5.57. The van der Waals surface area contributed by atoms with Gasteiger partial charge in [-0.25, -0.2) is 9.69 Å². The van der Waals surface area contributed by atoms with Crippen molar-refractivity contribution in [3.63, 3.8) is 0 Å². The molecule has 8 heteroatoms. The smallest absolute Gasteiger partial charge is 0.335 e. The average molecular weight is 440 g/mol. The quantitative estimate of drug-likeness (QED) is 0.581. The normalized spacial score (nSPS) is 15.4. The summed E-state index contributed by atoms with van der Waals surface area (Å²) < 4.78 is 6.16. The van der Waals surface area contributed by atoms with Crippen molar-refractivity contribution in [2.24, 2.45) is 0 Å². The third-order valence-corrected chi connectivity index (χ3v) is 4.90. The van der Waals surface area contributed by atoms with E-state index in [1.165, 1.54) is 6.08 Å². The van der Waals surface area contributed by atoms with Crippen molar-refractivity contribution in [2.45, 2.75) is 6.92 Å². The van der Waals surface area contributed by atoms with Crippen LogP contribution >= 0.6 is 15.9 Å². The number of nitrogens with zero attached hydrogens (tertiary/aromatic N) is 2. The number of imide groups is 2. The van der Waals surface area contributed by atoms with Gasteiger partial charge >= 0.3 is 6.03 Å². The highest BCUT2D eigenvalue weighted by molar-refractivity contribution is 9.10. The van der Waals surface area contributed by atoms with Gasteiger partial charge in [0.25, 0.3) is 11.8 Å². The highest BCUT2D eigenvalue weighted by Gasteiger charge is 2.37. The molecule has 7 nitrogen and oxygen atoms in total. The first kappa shape index (κ1) is 19.3. The molecule has 1 fully saturated rings. The summed E-state index contributed by atoms with van der Waals surface area (Å²) in [5.74, 6) is -1.19. The topological polar surface area (TPSA) is 99.5 Å². The molecule has 2 aromatic rings. The van der Waals surface area contributed by atoms with Crippen molar-refractivity contribution in [3.05, 3.63) is 63.6 Å². The third-order valence-electron chi connectivity index (χ3n) is 4.01. The Morgan fingerprint density at radius 2 is 1.96 bits per heavy atom. The van der Waals surface area contributed by atoms with Gasteiger partial charge in [-0.3, -0.25) is 14.9 Å². The fourth-order valence-electron chi connectivity index (χ4n) is 2.66. The summed E-state index contributed by atoms with van der Waals surface area (Å²) in [6.45, 7) is 1.65. The molecular weight excluding hydrogens is 426 g/mol. The Morgan fingerprint density at radius 3 is 2.68 bits per heavy atom. The van der Waals surface area contributed by atoms with Crippen LogP contribution in [0.15, 0.2) is 52.5 Å². The molecule has 0 unspecified atom stereocenters. The fraction of sp³-hybridized carbons (Fsp3) is 0.100. The Hall–Kier alpha value is -3.44. The van der Waals surface area contributed by atoms with Crippen molar-refractivity contribution < 1.29 is 19.1 Å². The highest BCUT2D eigenvalue weighted by atomic mass is 79.9. The maximum Gasteiger partial charge on any atom is 0.335 e. The summed E-state index contributed by atoms with van der Waals surface area (Å²) in [6.07, 6.45) is 1.34. The monoisotopic (exact) mass is 439 g/mol. The van der Waals surface area contributed by atoms with E-state index in [1.54, 1.807) is 42.5 Å². The van der Waals surface area contributed by atoms with Gasteiger partial charge < -0.3 is 4.74 Å². The predicted octanol–water partition coefficient (Wildman–Crippen LogP) is 3.33. The minimum atomic E-state index is -0.817. The Balaban J connectivity index is 2.02. The number of aryl methyl sites for hydroxylation is 1. The Labute approximate surface area is 169 Å². The van der Waals surface area contributed by atoms with Crippen LogP contribution in [0, 0.1) is 18.3 Å². The SMILES string of the molecule is Cc1cc(N2C(=O)NC(=O)/C(=C/c3ccccc3OCC#N)C2=O)ccc1Br. The molecule has 140 valence electrons. The molecule has 3 rings (SSSR count). The van der Waals surface area contributed by atoms with E-state index in [1.807, 2.05) is 13.0 Å². The van der Waals surface area contributed by atoms with Crippen LogP contribution < -0.4 is 15.0 Å². The number of anilines is 1. The highest BCUT2D eigenvalue weighted by Crippen LogP contribution is 2.27. The number of nitriles is 1. The minimum Gasteiger partial charge on any atom is -0.478 e. The van der Waals surface area contributed by atoms with Crippen LogP contribution in [0.25, 0.3) is 6.08 Å². The summed E-state index contributed by atoms with van der Waals surface area (Å²) in [4.78, 5) is 38.4. The molecule has 1 saturated heterocycles. The molecule has 0 atom stereocenters. The summed E-state index contributed by atoms with van der Waals surface area (Å²) >= 11 is 3.37. The number of benzene rings is 2. The lowest BCUT2D eigenvalue weighted by atomic mass is 10.1. The van der Waals surface area contributed by atoms with E-state index in [2.05, 4.69) is 21.2 Å². The van der Waals surface area contributed by atoms with Gasteiger partial charge in [0.1, 0.15) is 17.4 Å². The van der Waals surface area contributed by atoms with E-state index in [-0.39, 0.29) is 12.2 Å². The first-order valence-electron chi connectivity index (χ1n) is 8.18. The molecule has 0 bridgehead atoms. The molecule has 1 aliphatic heterocycles. The van der Waals surface area contributed by atoms with Gasteiger partial charge in [-0.05, 0) is 42.8 Å². The Bertz CT molecular complexity index is 1060. The van der Waals surface area contributed by atoms with Crippen molar-refractivity contribution in [2.75, 3.05) is 11.5 Å². The van der Waals surface area contributed by atoms with Gasteiger partial charge in [-0.15, -0.1) is 0 Å². The second-order valence-electron chi connectivity index (χ2n) is 5.88. The second-order valence-corrected chi connectivity index (χ2v) is 6.73. The molecule has 1 heterocycles. The number of carbonyl (C=O) groups excluding carboxylic acids is 3. The van der Waals surface area contributed by atoms with E-state index in [4.69, 9.17) is 10.00 Å². The van der Waals surface area contributed by atoms with Crippen LogP contribution in [0.1, 0.15) is 11.1 Å².